The Morgan fingerprint density at radius 3 is 2.32 bits per heavy atom. The summed E-state index contributed by atoms with van der Waals surface area (Å²) in [5.74, 6) is 0.364. The van der Waals surface area contributed by atoms with Crippen LogP contribution in [0.1, 0.15) is 23.5 Å². The molecule has 6 heteroatoms. The van der Waals surface area contributed by atoms with E-state index in [9.17, 15) is 4.79 Å². The second kappa shape index (κ2) is 10.6. The van der Waals surface area contributed by atoms with Gasteiger partial charge < -0.3 is 9.47 Å². The molecule has 3 aromatic rings. The zero-order valence-corrected chi connectivity index (χ0v) is 18.5. The lowest BCUT2D eigenvalue weighted by molar-refractivity contribution is -0.133. The normalized spacial score (nSPS) is 15.7. The van der Waals surface area contributed by atoms with Gasteiger partial charge in [0.1, 0.15) is 0 Å². The fourth-order valence-electron chi connectivity index (χ4n) is 4.17. The standard InChI is InChI=1S/C25H29ClN4O/c26-24-5-3-22(4-6-24)23(20-29-12-1-2-13-29)19-25(31)30-17-15-28(16-18-30)14-9-21-7-10-27-11-8-21/h1-8,10-13,23H,9,14-20H2. The van der Waals surface area contributed by atoms with Gasteiger partial charge in [-0.3, -0.25) is 14.7 Å². The topological polar surface area (TPSA) is 41.4 Å². The number of carbonyl (C=O) groups is 1. The Labute approximate surface area is 189 Å². The first-order valence-corrected chi connectivity index (χ1v) is 11.3. The second-order valence-electron chi connectivity index (χ2n) is 8.16. The smallest absolute Gasteiger partial charge is 0.223 e. The number of halogens is 1. The van der Waals surface area contributed by atoms with E-state index in [1.54, 1.807) is 0 Å². The highest BCUT2D eigenvalue weighted by Gasteiger charge is 2.24. The molecule has 0 aliphatic carbocycles. The van der Waals surface area contributed by atoms with Crippen LogP contribution in [-0.2, 0) is 17.8 Å². The molecular formula is C25H29ClN4O. The number of nitrogens with zero attached hydrogens (tertiary/aromatic N) is 4. The molecule has 1 aliphatic rings. The molecule has 31 heavy (non-hydrogen) atoms. The minimum Gasteiger partial charge on any atom is -0.354 e. The van der Waals surface area contributed by atoms with Gasteiger partial charge in [0.2, 0.25) is 5.91 Å². The van der Waals surface area contributed by atoms with Crippen LogP contribution in [0.25, 0.3) is 0 Å². The number of pyridine rings is 1. The van der Waals surface area contributed by atoms with E-state index in [0.717, 1.165) is 56.3 Å². The summed E-state index contributed by atoms with van der Waals surface area (Å²) in [6, 6.07) is 16.1. The van der Waals surface area contributed by atoms with Crippen LogP contribution in [0.4, 0.5) is 0 Å². The summed E-state index contributed by atoms with van der Waals surface area (Å²) in [6.07, 6.45) is 9.32. The molecule has 0 radical (unpaired) electrons. The lowest BCUT2D eigenvalue weighted by atomic mass is 9.94. The molecule has 5 nitrogen and oxygen atoms in total. The van der Waals surface area contributed by atoms with Gasteiger partial charge in [0.05, 0.1) is 0 Å². The quantitative estimate of drug-likeness (QED) is 0.534. The summed E-state index contributed by atoms with van der Waals surface area (Å²) in [4.78, 5) is 21.7. The van der Waals surface area contributed by atoms with Gasteiger partial charge in [-0.25, -0.2) is 0 Å². The first-order valence-electron chi connectivity index (χ1n) is 10.9. The first-order chi connectivity index (χ1) is 15.2. The van der Waals surface area contributed by atoms with Gasteiger partial charge >= 0.3 is 0 Å². The maximum absolute atomic E-state index is 13.1. The number of aromatic nitrogens is 2. The third-order valence-corrected chi connectivity index (χ3v) is 6.30. The summed E-state index contributed by atoms with van der Waals surface area (Å²) in [6.45, 7) is 5.26. The fourth-order valence-corrected chi connectivity index (χ4v) is 4.29. The number of piperazine rings is 1. The van der Waals surface area contributed by atoms with Gasteiger partial charge in [-0.2, -0.15) is 0 Å². The van der Waals surface area contributed by atoms with E-state index < -0.39 is 0 Å². The molecule has 1 amide bonds. The Kier molecular flexibility index (Phi) is 7.39. The van der Waals surface area contributed by atoms with E-state index >= 15 is 0 Å². The summed E-state index contributed by atoms with van der Waals surface area (Å²) in [5, 5.41) is 0.720. The molecule has 0 saturated carbocycles. The molecule has 1 atom stereocenters. The third-order valence-electron chi connectivity index (χ3n) is 6.05. The van der Waals surface area contributed by atoms with Crippen molar-refractivity contribution in [1.82, 2.24) is 19.4 Å². The van der Waals surface area contributed by atoms with Crippen molar-refractivity contribution in [1.29, 1.82) is 0 Å². The van der Waals surface area contributed by atoms with Crippen molar-refractivity contribution < 1.29 is 4.79 Å². The lowest BCUT2D eigenvalue weighted by Gasteiger charge is -2.35. The van der Waals surface area contributed by atoms with Crippen LogP contribution in [0.5, 0.6) is 0 Å². The number of rotatable bonds is 8. The predicted octanol–water partition coefficient (Wildman–Crippen LogP) is 4.10. The van der Waals surface area contributed by atoms with E-state index in [4.69, 9.17) is 11.6 Å². The SMILES string of the molecule is O=C(CC(Cn1cccc1)c1ccc(Cl)cc1)N1CCN(CCc2ccncc2)CC1. The Hall–Kier alpha value is -2.63. The molecule has 3 heterocycles. The van der Waals surface area contributed by atoms with Crippen LogP contribution in [0.3, 0.4) is 0 Å². The third kappa shape index (κ3) is 6.18. The Morgan fingerprint density at radius 1 is 0.968 bits per heavy atom. The van der Waals surface area contributed by atoms with Crippen molar-refractivity contribution in [3.8, 4) is 0 Å². The average molecular weight is 437 g/mol. The number of hydrogen-bond acceptors (Lipinski definition) is 3. The van der Waals surface area contributed by atoms with E-state index in [1.807, 2.05) is 53.7 Å². The van der Waals surface area contributed by atoms with Gasteiger partial charge in [-0.15, -0.1) is 0 Å². The number of carbonyl (C=O) groups excluding carboxylic acids is 1. The van der Waals surface area contributed by atoms with Crippen LogP contribution < -0.4 is 0 Å². The molecule has 0 spiro atoms. The van der Waals surface area contributed by atoms with E-state index in [-0.39, 0.29) is 11.8 Å². The lowest BCUT2D eigenvalue weighted by Crippen LogP contribution is -2.49. The Balaban J connectivity index is 1.31. The van der Waals surface area contributed by atoms with E-state index in [0.29, 0.717) is 6.42 Å². The van der Waals surface area contributed by atoms with Crippen LogP contribution in [-0.4, -0.2) is 58.0 Å². The average Bonchev–Trinajstić information content (AvgIpc) is 3.32. The van der Waals surface area contributed by atoms with Gasteiger partial charge in [-0.1, -0.05) is 23.7 Å². The first kappa shape index (κ1) is 21.6. The molecule has 0 bridgehead atoms. The highest BCUT2D eigenvalue weighted by atomic mass is 35.5. The van der Waals surface area contributed by atoms with Crippen molar-refractivity contribution in [3.05, 3.63) is 89.5 Å². The Morgan fingerprint density at radius 2 is 1.65 bits per heavy atom. The molecule has 162 valence electrons. The monoisotopic (exact) mass is 436 g/mol. The predicted molar refractivity (Wildman–Crippen MR) is 124 cm³/mol. The zero-order valence-electron chi connectivity index (χ0n) is 17.7. The minimum absolute atomic E-state index is 0.127. The van der Waals surface area contributed by atoms with Gasteiger partial charge in [0.15, 0.2) is 0 Å². The summed E-state index contributed by atoms with van der Waals surface area (Å²) >= 11 is 6.08. The van der Waals surface area contributed by atoms with E-state index in [1.165, 1.54) is 5.56 Å². The number of benzene rings is 1. The highest BCUT2D eigenvalue weighted by Crippen LogP contribution is 2.25. The second-order valence-corrected chi connectivity index (χ2v) is 8.60. The van der Waals surface area contributed by atoms with Crippen LogP contribution in [0, 0.1) is 0 Å². The maximum Gasteiger partial charge on any atom is 0.223 e. The van der Waals surface area contributed by atoms with Crippen LogP contribution in [0.2, 0.25) is 5.02 Å². The number of amides is 1. The molecule has 1 aromatic carbocycles. The van der Waals surface area contributed by atoms with Crippen LogP contribution >= 0.6 is 11.6 Å². The molecule has 1 fully saturated rings. The molecular weight excluding hydrogens is 408 g/mol. The van der Waals surface area contributed by atoms with Gasteiger partial charge in [0, 0.05) is 81.4 Å². The van der Waals surface area contributed by atoms with Crippen molar-refractivity contribution >= 4 is 17.5 Å². The van der Waals surface area contributed by atoms with E-state index in [2.05, 4.69) is 39.0 Å². The van der Waals surface area contributed by atoms with Crippen molar-refractivity contribution in [3.63, 3.8) is 0 Å². The summed E-state index contributed by atoms with van der Waals surface area (Å²) in [5.41, 5.74) is 2.46. The molecule has 2 aromatic heterocycles. The zero-order chi connectivity index (χ0) is 21.5. The molecule has 4 rings (SSSR count). The highest BCUT2D eigenvalue weighted by molar-refractivity contribution is 6.30. The summed E-state index contributed by atoms with van der Waals surface area (Å²) in [7, 11) is 0. The van der Waals surface area contributed by atoms with Crippen molar-refractivity contribution in [2.45, 2.75) is 25.3 Å². The van der Waals surface area contributed by atoms with Gasteiger partial charge in [0.25, 0.3) is 0 Å². The largest absolute Gasteiger partial charge is 0.354 e. The summed E-state index contributed by atoms with van der Waals surface area (Å²) < 4.78 is 2.14. The van der Waals surface area contributed by atoms with Crippen molar-refractivity contribution in [2.24, 2.45) is 0 Å². The molecule has 1 unspecified atom stereocenters. The van der Waals surface area contributed by atoms with Crippen LogP contribution in [0.15, 0.2) is 73.3 Å². The molecule has 1 aliphatic heterocycles. The fraction of sp³-hybridized carbons (Fsp3) is 0.360. The number of hydrogen-bond donors (Lipinski definition) is 0. The molecule has 1 saturated heterocycles. The molecule has 0 N–H and O–H groups in total. The van der Waals surface area contributed by atoms with Crippen molar-refractivity contribution in [2.75, 3.05) is 32.7 Å². The Bertz CT molecular complexity index is 935. The minimum atomic E-state index is 0.127. The maximum atomic E-state index is 13.1. The van der Waals surface area contributed by atoms with Gasteiger partial charge in [-0.05, 0) is 53.9 Å².